The van der Waals surface area contributed by atoms with Crippen LogP contribution in [-0.4, -0.2) is 38.3 Å². The zero-order valence-electron chi connectivity index (χ0n) is 12.8. The first-order valence-electron chi connectivity index (χ1n) is 7.84. The lowest BCUT2D eigenvalue weighted by Crippen LogP contribution is -2.48. The lowest BCUT2D eigenvalue weighted by molar-refractivity contribution is 0.0256. The molecule has 1 aliphatic heterocycles. The minimum atomic E-state index is -1.06. The number of nitrogens with zero attached hydrogens (tertiary/aromatic N) is 2. The molecule has 5 nitrogen and oxygen atoms in total. The van der Waals surface area contributed by atoms with Gasteiger partial charge in [-0.1, -0.05) is 26.2 Å². The third-order valence-electron chi connectivity index (χ3n) is 4.31. The number of aliphatic hydroxyl groups is 1. The summed E-state index contributed by atoms with van der Waals surface area (Å²) in [5, 5.41) is 20.2. The highest BCUT2D eigenvalue weighted by atomic mass is 19.1. The standard InChI is InChI=1S/C16H23FN2O3/c1-2-5-13-6-3-4-7-14(19(13)16(21)22)15(20)11-8-12(17)10-18-9-11/h8-10,13-15,20H,2-7H2,1H3,(H,21,22)/t13-,14-,15+/m1/s1. The van der Waals surface area contributed by atoms with Gasteiger partial charge in [-0.05, 0) is 25.3 Å². The third kappa shape index (κ3) is 3.74. The van der Waals surface area contributed by atoms with Crippen LogP contribution in [-0.2, 0) is 0 Å². The molecule has 0 radical (unpaired) electrons. The number of likely N-dealkylation sites (tertiary alicyclic amines) is 1. The summed E-state index contributed by atoms with van der Waals surface area (Å²) in [6, 6.07) is 0.573. The SMILES string of the molecule is CCC[C@@H]1CCCC[C@H]([C@@H](O)c2cncc(F)c2)N1C(=O)O. The molecule has 0 spiro atoms. The maximum Gasteiger partial charge on any atom is 0.407 e. The van der Waals surface area contributed by atoms with Crippen molar-refractivity contribution in [3.63, 3.8) is 0 Å². The number of aromatic nitrogens is 1. The van der Waals surface area contributed by atoms with E-state index in [4.69, 9.17) is 0 Å². The smallest absolute Gasteiger partial charge is 0.407 e. The topological polar surface area (TPSA) is 73.7 Å². The molecule has 6 heteroatoms. The highest BCUT2D eigenvalue weighted by Gasteiger charge is 2.36. The van der Waals surface area contributed by atoms with E-state index in [0.717, 1.165) is 38.3 Å². The second-order valence-corrected chi connectivity index (χ2v) is 5.87. The Morgan fingerprint density at radius 1 is 1.45 bits per heavy atom. The molecule has 0 saturated carbocycles. The van der Waals surface area contributed by atoms with Gasteiger partial charge in [-0.3, -0.25) is 9.88 Å². The van der Waals surface area contributed by atoms with E-state index >= 15 is 0 Å². The molecule has 0 unspecified atom stereocenters. The molecular formula is C16H23FN2O3. The zero-order chi connectivity index (χ0) is 16.1. The van der Waals surface area contributed by atoms with Crippen molar-refractivity contribution in [2.75, 3.05) is 0 Å². The molecule has 2 rings (SSSR count). The molecule has 1 fully saturated rings. The van der Waals surface area contributed by atoms with E-state index in [9.17, 15) is 19.4 Å². The fourth-order valence-corrected chi connectivity index (χ4v) is 3.32. The average Bonchev–Trinajstić information content (AvgIpc) is 2.69. The molecule has 1 aliphatic rings. The summed E-state index contributed by atoms with van der Waals surface area (Å²) in [4.78, 5) is 16.9. The molecule has 0 bridgehead atoms. The molecule has 3 atom stereocenters. The minimum Gasteiger partial charge on any atom is -0.465 e. The number of carboxylic acid groups (broad SMARTS) is 1. The Kier molecular flexibility index (Phi) is 5.71. The van der Waals surface area contributed by atoms with Gasteiger partial charge in [-0.15, -0.1) is 0 Å². The van der Waals surface area contributed by atoms with Crippen LogP contribution in [0.5, 0.6) is 0 Å². The summed E-state index contributed by atoms with van der Waals surface area (Å²) in [6.45, 7) is 2.02. The van der Waals surface area contributed by atoms with E-state index in [1.165, 1.54) is 17.2 Å². The maximum atomic E-state index is 13.3. The number of rotatable bonds is 4. The van der Waals surface area contributed by atoms with Gasteiger partial charge in [0.2, 0.25) is 0 Å². The van der Waals surface area contributed by atoms with Crippen LogP contribution < -0.4 is 0 Å². The molecule has 0 aromatic carbocycles. The van der Waals surface area contributed by atoms with Gasteiger partial charge in [0.1, 0.15) is 11.9 Å². The summed E-state index contributed by atoms with van der Waals surface area (Å²) in [5.41, 5.74) is 0.327. The second kappa shape index (κ2) is 7.54. The number of hydrogen-bond donors (Lipinski definition) is 2. The number of pyridine rings is 1. The van der Waals surface area contributed by atoms with E-state index < -0.39 is 24.1 Å². The van der Waals surface area contributed by atoms with Gasteiger partial charge in [0.15, 0.2) is 0 Å². The van der Waals surface area contributed by atoms with Gasteiger partial charge in [-0.25, -0.2) is 9.18 Å². The van der Waals surface area contributed by atoms with Crippen molar-refractivity contribution in [3.8, 4) is 0 Å². The van der Waals surface area contributed by atoms with Crippen molar-refractivity contribution < 1.29 is 19.4 Å². The number of carbonyl (C=O) groups is 1. The van der Waals surface area contributed by atoms with Gasteiger partial charge in [0.25, 0.3) is 0 Å². The Hall–Kier alpha value is -1.69. The van der Waals surface area contributed by atoms with Crippen molar-refractivity contribution >= 4 is 6.09 Å². The van der Waals surface area contributed by atoms with Crippen LogP contribution in [0.1, 0.15) is 57.1 Å². The highest BCUT2D eigenvalue weighted by Crippen LogP contribution is 2.32. The van der Waals surface area contributed by atoms with Crippen molar-refractivity contribution in [1.29, 1.82) is 0 Å². The first kappa shape index (κ1) is 16.7. The Labute approximate surface area is 129 Å². The number of amides is 1. The molecule has 2 N–H and O–H groups in total. The Morgan fingerprint density at radius 3 is 2.82 bits per heavy atom. The van der Waals surface area contributed by atoms with Crippen LogP contribution >= 0.6 is 0 Å². The van der Waals surface area contributed by atoms with Crippen LogP contribution in [0.3, 0.4) is 0 Å². The highest BCUT2D eigenvalue weighted by molar-refractivity contribution is 5.66. The maximum absolute atomic E-state index is 13.3. The molecule has 1 amide bonds. The van der Waals surface area contributed by atoms with Gasteiger partial charge in [-0.2, -0.15) is 0 Å². The van der Waals surface area contributed by atoms with E-state index in [-0.39, 0.29) is 6.04 Å². The second-order valence-electron chi connectivity index (χ2n) is 5.87. The summed E-state index contributed by atoms with van der Waals surface area (Å²) in [7, 11) is 0. The summed E-state index contributed by atoms with van der Waals surface area (Å²) < 4.78 is 13.3. The number of halogens is 1. The fourth-order valence-electron chi connectivity index (χ4n) is 3.32. The van der Waals surface area contributed by atoms with Gasteiger partial charge < -0.3 is 10.2 Å². The van der Waals surface area contributed by atoms with Crippen LogP contribution in [0.25, 0.3) is 0 Å². The number of hydrogen-bond acceptors (Lipinski definition) is 3. The van der Waals surface area contributed by atoms with Crippen LogP contribution in [0.15, 0.2) is 18.5 Å². The van der Waals surface area contributed by atoms with E-state index in [1.807, 2.05) is 6.92 Å². The molecule has 0 aliphatic carbocycles. The predicted octanol–water partition coefficient (Wildman–Crippen LogP) is 3.35. The molecule has 122 valence electrons. The van der Waals surface area contributed by atoms with Crippen molar-refractivity contribution in [3.05, 3.63) is 29.8 Å². The first-order chi connectivity index (χ1) is 10.5. The van der Waals surface area contributed by atoms with Crippen molar-refractivity contribution in [2.45, 2.75) is 63.6 Å². The lowest BCUT2D eigenvalue weighted by atomic mass is 9.98. The molecular weight excluding hydrogens is 287 g/mol. The van der Waals surface area contributed by atoms with Gasteiger partial charge in [0.05, 0.1) is 12.2 Å². The molecule has 1 saturated heterocycles. The monoisotopic (exact) mass is 310 g/mol. The molecule has 1 aromatic heterocycles. The van der Waals surface area contributed by atoms with Gasteiger partial charge >= 0.3 is 6.09 Å². The third-order valence-corrected chi connectivity index (χ3v) is 4.31. The molecule has 2 heterocycles. The van der Waals surface area contributed by atoms with Crippen LogP contribution in [0.4, 0.5) is 9.18 Å². The Bertz CT molecular complexity index is 512. The lowest BCUT2D eigenvalue weighted by Gasteiger charge is -2.36. The van der Waals surface area contributed by atoms with E-state index in [2.05, 4.69) is 4.98 Å². The molecule has 22 heavy (non-hydrogen) atoms. The summed E-state index contributed by atoms with van der Waals surface area (Å²) in [5.74, 6) is -0.530. The van der Waals surface area contributed by atoms with E-state index in [1.54, 1.807) is 0 Å². The normalized spacial score (nSPS) is 23.9. The van der Waals surface area contributed by atoms with Crippen LogP contribution in [0, 0.1) is 5.82 Å². The number of aliphatic hydroxyl groups excluding tert-OH is 1. The van der Waals surface area contributed by atoms with Crippen molar-refractivity contribution in [1.82, 2.24) is 9.88 Å². The fraction of sp³-hybridized carbons (Fsp3) is 0.625. The van der Waals surface area contributed by atoms with Gasteiger partial charge in [0, 0.05) is 17.8 Å². The minimum absolute atomic E-state index is 0.0915. The average molecular weight is 310 g/mol. The predicted molar refractivity (Wildman–Crippen MR) is 80.0 cm³/mol. The zero-order valence-corrected chi connectivity index (χ0v) is 12.8. The van der Waals surface area contributed by atoms with E-state index in [0.29, 0.717) is 12.0 Å². The molecule has 1 aromatic rings. The first-order valence-corrected chi connectivity index (χ1v) is 7.84. The summed E-state index contributed by atoms with van der Waals surface area (Å²) in [6.07, 6.45) is 5.23. The van der Waals surface area contributed by atoms with Crippen LogP contribution in [0.2, 0.25) is 0 Å². The Balaban J connectivity index is 2.29. The Morgan fingerprint density at radius 2 is 2.18 bits per heavy atom. The quantitative estimate of drug-likeness (QED) is 0.894. The van der Waals surface area contributed by atoms with Crippen molar-refractivity contribution in [2.24, 2.45) is 0 Å². The largest absolute Gasteiger partial charge is 0.465 e. The summed E-state index contributed by atoms with van der Waals surface area (Å²) >= 11 is 0.